The largest absolute Gasteiger partial charge is 0.450 e. The van der Waals surface area contributed by atoms with Crippen molar-refractivity contribution in [2.24, 2.45) is 0 Å². The van der Waals surface area contributed by atoms with E-state index in [1.54, 1.807) is 0 Å². The lowest BCUT2D eigenvalue weighted by atomic mass is 9.98. The molecule has 25 heavy (non-hydrogen) atoms. The Morgan fingerprint density at radius 2 is 1.24 bits per heavy atom. The van der Waals surface area contributed by atoms with E-state index in [4.69, 9.17) is 9.47 Å². The first-order valence-electron chi connectivity index (χ1n) is 8.28. The van der Waals surface area contributed by atoms with Crippen LogP contribution in [-0.2, 0) is 0 Å². The maximum atomic E-state index is 6.00. The Morgan fingerprint density at radius 1 is 0.560 bits per heavy atom. The number of rotatable bonds is 2. The van der Waals surface area contributed by atoms with Gasteiger partial charge in [-0.25, -0.2) is 0 Å². The van der Waals surface area contributed by atoms with Crippen molar-refractivity contribution in [3.05, 3.63) is 102 Å². The van der Waals surface area contributed by atoms with E-state index in [1.807, 2.05) is 36.4 Å². The Balaban J connectivity index is 1.50. The number of hydrogen-bond donors (Lipinski definition) is 0. The van der Waals surface area contributed by atoms with Gasteiger partial charge in [-0.15, -0.1) is 0 Å². The summed E-state index contributed by atoms with van der Waals surface area (Å²) < 4.78 is 11.9. The van der Waals surface area contributed by atoms with Gasteiger partial charge in [0.2, 0.25) is 0 Å². The third-order valence-corrected chi connectivity index (χ3v) is 4.40. The maximum Gasteiger partial charge on any atom is 0.170 e. The van der Waals surface area contributed by atoms with Gasteiger partial charge in [-0.3, -0.25) is 0 Å². The van der Waals surface area contributed by atoms with E-state index in [0.29, 0.717) is 0 Å². The smallest absolute Gasteiger partial charge is 0.170 e. The zero-order chi connectivity index (χ0) is 16.6. The molecule has 1 aliphatic rings. The number of ether oxygens (including phenoxy) is 2. The van der Waals surface area contributed by atoms with E-state index in [-0.39, 0.29) is 0 Å². The number of fused-ring (bicyclic) bond motifs is 3. The van der Waals surface area contributed by atoms with Crippen LogP contribution in [0.15, 0.2) is 84.9 Å². The standard InChI is InChI=1S/C23H15O2/c1-2-9-19-17(6-1)7-5-8-18(19)14-16-12-13-22-23(15-16)25-21-11-4-3-10-20(21)24-22/h1-15H. The van der Waals surface area contributed by atoms with Gasteiger partial charge in [-0.05, 0) is 46.2 Å². The van der Waals surface area contributed by atoms with Crippen molar-refractivity contribution >= 4 is 10.8 Å². The molecular formula is C23H15O2. The van der Waals surface area contributed by atoms with Crippen LogP contribution in [0.3, 0.4) is 0 Å². The fourth-order valence-electron chi connectivity index (χ4n) is 3.19. The molecule has 0 aromatic heterocycles. The predicted octanol–water partition coefficient (Wildman–Crippen LogP) is 6.34. The molecule has 0 bridgehead atoms. The van der Waals surface area contributed by atoms with E-state index in [2.05, 4.69) is 55.0 Å². The Morgan fingerprint density at radius 3 is 2.12 bits per heavy atom. The summed E-state index contributed by atoms with van der Waals surface area (Å²) in [4.78, 5) is 0. The van der Waals surface area contributed by atoms with Crippen molar-refractivity contribution in [2.45, 2.75) is 0 Å². The van der Waals surface area contributed by atoms with Crippen LogP contribution in [-0.4, -0.2) is 0 Å². The summed E-state index contributed by atoms with van der Waals surface area (Å²) in [6.45, 7) is 0. The first kappa shape index (κ1) is 14.1. The molecule has 0 amide bonds. The Hall–Kier alpha value is -3.26. The summed E-state index contributed by atoms with van der Waals surface area (Å²) >= 11 is 0. The van der Waals surface area contributed by atoms with Gasteiger partial charge in [-0.2, -0.15) is 0 Å². The zero-order valence-electron chi connectivity index (χ0n) is 13.5. The maximum absolute atomic E-state index is 6.00. The van der Waals surface area contributed by atoms with E-state index in [0.717, 1.165) is 28.6 Å². The summed E-state index contributed by atoms with van der Waals surface area (Å²) in [5, 5.41) is 2.48. The minimum absolute atomic E-state index is 0.743. The summed E-state index contributed by atoms with van der Waals surface area (Å²) in [6.07, 6.45) is 2.17. The molecule has 0 saturated carbocycles. The van der Waals surface area contributed by atoms with Crippen LogP contribution in [0.1, 0.15) is 11.1 Å². The molecule has 1 aliphatic heterocycles. The molecule has 4 aromatic carbocycles. The highest BCUT2D eigenvalue weighted by molar-refractivity contribution is 5.87. The summed E-state index contributed by atoms with van der Waals surface area (Å²) in [7, 11) is 0. The average molecular weight is 323 g/mol. The molecule has 0 spiro atoms. The fraction of sp³-hybridized carbons (Fsp3) is 0. The first-order valence-corrected chi connectivity index (χ1v) is 8.28. The van der Waals surface area contributed by atoms with E-state index >= 15 is 0 Å². The second-order valence-corrected chi connectivity index (χ2v) is 6.07. The molecule has 4 aromatic rings. The lowest BCUT2D eigenvalue weighted by Gasteiger charge is -2.21. The van der Waals surface area contributed by atoms with Gasteiger partial charge in [0, 0.05) is 6.42 Å². The highest BCUT2D eigenvalue weighted by Gasteiger charge is 2.18. The summed E-state index contributed by atoms with van der Waals surface area (Å²) in [5.41, 5.74) is 2.27. The zero-order valence-corrected chi connectivity index (χ0v) is 13.5. The molecule has 0 atom stereocenters. The lowest BCUT2D eigenvalue weighted by Crippen LogP contribution is -1.99. The van der Waals surface area contributed by atoms with Crippen molar-refractivity contribution in [1.82, 2.24) is 0 Å². The molecular weight excluding hydrogens is 308 g/mol. The molecule has 2 nitrogen and oxygen atoms in total. The summed E-state index contributed by atoms with van der Waals surface area (Å²) in [5.74, 6) is 2.99. The van der Waals surface area contributed by atoms with Crippen LogP contribution < -0.4 is 9.47 Å². The van der Waals surface area contributed by atoms with Crippen LogP contribution in [0, 0.1) is 6.42 Å². The topological polar surface area (TPSA) is 18.5 Å². The van der Waals surface area contributed by atoms with E-state index < -0.39 is 0 Å². The molecule has 0 saturated heterocycles. The van der Waals surface area contributed by atoms with Crippen LogP contribution in [0.25, 0.3) is 10.8 Å². The Bertz CT molecular complexity index is 1080. The third kappa shape index (κ3) is 2.52. The van der Waals surface area contributed by atoms with Crippen molar-refractivity contribution in [3.63, 3.8) is 0 Å². The van der Waals surface area contributed by atoms with Gasteiger partial charge in [0.15, 0.2) is 23.0 Å². The molecule has 0 fully saturated rings. The van der Waals surface area contributed by atoms with Gasteiger partial charge < -0.3 is 9.47 Å². The van der Waals surface area contributed by atoms with Crippen LogP contribution in [0.2, 0.25) is 0 Å². The van der Waals surface area contributed by atoms with Gasteiger partial charge in [0.05, 0.1) is 0 Å². The molecule has 1 radical (unpaired) electrons. The number of benzene rings is 4. The fourth-order valence-corrected chi connectivity index (χ4v) is 3.19. The molecule has 119 valence electrons. The van der Waals surface area contributed by atoms with E-state index in [1.165, 1.54) is 16.3 Å². The Labute approximate surface area is 146 Å². The number of hydrogen-bond acceptors (Lipinski definition) is 2. The summed E-state index contributed by atoms with van der Waals surface area (Å²) in [6, 6.07) is 28.5. The minimum atomic E-state index is 0.743. The molecule has 0 unspecified atom stereocenters. The first-order chi connectivity index (χ1) is 12.4. The van der Waals surface area contributed by atoms with Crippen LogP contribution >= 0.6 is 0 Å². The van der Waals surface area contributed by atoms with Crippen molar-refractivity contribution < 1.29 is 9.47 Å². The third-order valence-electron chi connectivity index (χ3n) is 4.40. The monoisotopic (exact) mass is 323 g/mol. The normalized spacial score (nSPS) is 12.0. The van der Waals surface area contributed by atoms with Gasteiger partial charge >= 0.3 is 0 Å². The highest BCUT2D eigenvalue weighted by Crippen LogP contribution is 2.45. The van der Waals surface area contributed by atoms with Gasteiger partial charge in [0.1, 0.15) is 0 Å². The van der Waals surface area contributed by atoms with Gasteiger partial charge in [-0.1, -0.05) is 60.7 Å². The quantitative estimate of drug-likeness (QED) is 0.377. The van der Waals surface area contributed by atoms with E-state index in [9.17, 15) is 0 Å². The predicted molar refractivity (Wildman–Crippen MR) is 99.5 cm³/mol. The molecule has 1 heterocycles. The number of para-hydroxylation sites is 2. The average Bonchev–Trinajstić information content (AvgIpc) is 2.67. The van der Waals surface area contributed by atoms with Crippen molar-refractivity contribution in [2.75, 3.05) is 0 Å². The molecule has 5 rings (SSSR count). The SMILES string of the molecule is [CH](c1ccc2c(c1)Oc1ccccc1O2)c1cccc2ccccc12. The van der Waals surface area contributed by atoms with Crippen molar-refractivity contribution in [3.8, 4) is 23.0 Å². The van der Waals surface area contributed by atoms with Gasteiger partial charge in [0.25, 0.3) is 0 Å². The second-order valence-electron chi connectivity index (χ2n) is 6.07. The minimum Gasteiger partial charge on any atom is -0.450 e. The van der Waals surface area contributed by atoms with Crippen LogP contribution in [0.5, 0.6) is 23.0 Å². The second kappa shape index (κ2) is 5.67. The van der Waals surface area contributed by atoms with Crippen LogP contribution in [0.4, 0.5) is 0 Å². The highest BCUT2D eigenvalue weighted by atomic mass is 16.6. The molecule has 0 aliphatic carbocycles. The Kier molecular flexibility index (Phi) is 3.20. The lowest BCUT2D eigenvalue weighted by molar-refractivity contribution is 0.359. The van der Waals surface area contributed by atoms with Crippen molar-refractivity contribution in [1.29, 1.82) is 0 Å². The molecule has 0 N–H and O–H groups in total. The molecule has 2 heteroatoms.